The highest BCUT2D eigenvalue weighted by Crippen LogP contribution is 2.44. The van der Waals surface area contributed by atoms with E-state index in [4.69, 9.17) is 5.26 Å². The maximum absolute atomic E-state index is 8.82. The van der Waals surface area contributed by atoms with Crippen molar-refractivity contribution in [3.05, 3.63) is 0 Å². The number of nitriles is 1. The molecule has 2 aliphatic rings. The molecule has 5 atom stereocenters. The molecule has 2 heteroatoms. The minimum absolute atomic E-state index is 0.690. The first kappa shape index (κ1) is 16.2. The summed E-state index contributed by atoms with van der Waals surface area (Å²) in [6, 6.07) is 2.32. The van der Waals surface area contributed by atoms with E-state index in [0.717, 1.165) is 28.9 Å². The van der Waals surface area contributed by atoms with Crippen LogP contribution in [0, 0.1) is 35.0 Å². The van der Waals surface area contributed by atoms with Gasteiger partial charge >= 0.3 is 0 Å². The minimum Gasteiger partial charge on any atom is -0.197 e. The van der Waals surface area contributed by atoms with Gasteiger partial charge in [0.2, 0.25) is 0 Å². The van der Waals surface area contributed by atoms with Crippen molar-refractivity contribution >= 4 is 11.8 Å². The number of hydrogen-bond acceptors (Lipinski definition) is 2. The molecule has 0 saturated heterocycles. The quantitative estimate of drug-likeness (QED) is 0.671. The standard InChI is InChI=1S/C18H31NS/c1-3-15-8-7-14(2)18-6-4-5-17(20-12-11-19)13-16(18)10-9-15/h14-18H,3-10,12-13H2,1-2H3. The van der Waals surface area contributed by atoms with E-state index in [2.05, 4.69) is 19.9 Å². The normalized spacial score (nSPS) is 39.0. The molecule has 1 nitrogen and oxygen atoms in total. The lowest BCUT2D eigenvalue weighted by Crippen LogP contribution is -2.26. The largest absolute Gasteiger partial charge is 0.197 e. The van der Waals surface area contributed by atoms with Crippen molar-refractivity contribution in [1.82, 2.24) is 0 Å². The minimum atomic E-state index is 0.690. The Balaban J connectivity index is 1.99. The van der Waals surface area contributed by atoms with Gasteiger partial charge in [-0.3, -0.25) is 0 Å². The second-order valence-electron chi connectivity index (χ2n) is 7.09. The molecule has 0 aliphatic heterocycles. The van der Waals surface area contributed by atoms with Crippen molar-refractivity contribution in [2.75, 3.05) is 5.75 Å². The van der Waals surface area contributed by atoms with Crippen molar-refractivity contribution in [3.63, 3.8) is 0 Å². The Kier molecular flexibility index (Phi) is 6.75. The monoisotopic (exact) mass is 293 g/mol. The van der Waals surface area contributed by atoms with Crippen LogP contribution in [-0.2, 0) is 0 Å². The molecule has 2 saturated carbocycles. The highest BCUT2D eigenvalue weighted by atomic mass is 32.2. The molecule has 0 amide bonds. The van der Waals surface area contributed by atoms with Crippen LogP contribution in [0.25, 0.3) is 0 Å². The summed E-state index contributed by atoms with van der Waals surface area (Å²) in [6.45, 7) is 4.88. The molecule has 0 radical (unpaired) electrons. The van der Waals surface area contributed by atoms with Crippen LogP contribution < -0.4 is 0 Å². The fourth-order valence-corrected chi connectivity index (χ4v) is 5.58. The summed E-state index contributed by atoms with van der Waals surface area (Å²) < 4.78 is 0. The predicted molar refractivity (Wildman–Crippen MR) is 88.7 cm³/mol. The average Bonchev–Trinajstić information content (AvgIpc) is 2.65. The summed E-state index contributed by atoms with van der Waals surface area (Å²) in [5, 5.41) is 9.58. The van der Waals surface area contributed by atoms with Gasteiger partial charge in [-0.15, -0.1) is 11.8 Å². The molecule has 0 heterocycles. The highest BCUT2D eigenvalue weighted by Gasteiger charge is 2.33. The summed E-state index contributed by atoms with van der Waals surface area (Å²) in [7, 11) is 0. The van der Waals surface area contributed by atoms with Gasteiger partial charge in [0.25, 0.3) is 0 Å². The molecule has 5 unspecified atom stereocenters. The molecule has 114 valence electrons. The maximum atomic E-state index is 8.82. The smallest absolute Gasteiger partial charge is 0.0810 e. The molecule has 0 aromatic rings. The fourth-order valence-electron chi connectivity index (χ4n) is 4.55. The maximum Gasteiger partial charge on any atom is 0.0810 e. The highest BCUT2D eigenvalue weighted by molar-refractivity contribution is 8.00. The van der Waals surface area contributed by atoms with E-state index in [-0.39, 0.29) is 0 Å². The SMILES string of the molecule is CCC1CCC(C)C2CCCC(SCC#N)CC2CC1. The van der Waals surface area contributed by atoms with E-state index < -0.39 is 0 Å². The average molecular weight is 294 g/mol. The summed E-state index contributed by atoms with van der Waals surface area (Å²) in [5.41, 5.74) is 0. The van der Waals surface area contributed by atoms with Gasteiger partial charge < -0.3 is 0 Å². The van der Waals surface area contributed by atoms with Crippen LogP contribution in [0.2, 0.25) is 0 Å². The van der Waals surface area contributed by atoms with Crippen LogP contribution in [-0.4, -0.2) is 11.0 Å². The lowest BCUT2D eigenvalue weighted by molar-refractivity contribution is 0.160. The van der Waals surface area contributed by atoms with Crippen molar-refractivity contribution in [2.24, 2.45) is 23.7 Å². The van der Waals surface area contributed by atoms with Crippen LogP contribution in [0.3, 0.4) is 0 Å². The third-order valence-corrected chi connectivity index (χ3v) is 7.10. The number of thioether (sulfide) groups is 1. The molecular formula is C18H31NS. The number of rotatable bonds is 3. The Morgan fingerprint density at radius 1 is 1.10 bits per heavy atom. The van der Waals surface area contributed by atoms with Crippen molar-refractivity contribution in [1.29, 1.82) is 5.26 Å². The first-order chi connectivity index (χ1) is 9.74. The zero-order chi connectivity index (χ0) is 14.4. The third-order valence-electron chi connectivity index (χ3n) is 5.90. The lowest BCUT2D eigenvalue weighted by Gasteiger charge is -2.35. The summed E-state index contributed by atoms with van der Waals surface area (Å²) >= 11 is 1.93. The Morgan fingerprint density at radius 3 is 2.65 bits per heavy atom. The number of nitrogens with zero attached hydrogens (tertiary/aromatic N) is 1. The number of fused-ring (bicyclic) bond motifs is 1. The van der Waals surface area contributed by atoms with Gasteiger partial charge in [0.15, 0.2) is 0 Å². The first-order valence-corrected chi connectivity index (χ1v) is 9.78. The summed E-state index contributed by atoms with van der Waals surface area (Å²) in [5.74, 6) is 4.51. The second-order valence-corrected chi connectivity index (χ2v) is 8.38. The van der Waals surface area contributed by atoms with Gasteiger partial charge in [0.1, 0.15) is 0 Å². The van der Waals surface area contributed by atoms with Crippen LogP contribution in [0.1, 0.15) is 71.6 Å². The summed E-state index contributed by atoms with van der Waals surface area (Å²) in [4.78, 5) is 0. The molecular weight excluding hydrogens is 262 g/mol. The molecule has 2 fully saturated rings. The summed E-state index contributed by atoms with van der Waals surface area (Å²) in [6.07, 6.45) is 12.8. The Morgan fingerprint density at radius 2 is 1.90 bits per heavy atom. The van der Waals surface area contributed by atoms with Crippen LogP contribution in [0.5, 0.6) is 0 Å². The number of hydrogen-bond donors (Lipinski definition) is 0. The van der Waals surface area contributed by atoms with Crippen molar-refractivity contribution in [2.45, 2.75) is 76.9 Å². The topological polar surface area (TPSA) is 23.8 Å². The van der Waals surface area contributed by atoms with E-state index >= 15 is 0 Å². The first-order valence-electron chi connectivity index (χ1n) is 8.73. The van der Waals surface area contributed by atoms with E-state index in [1.165, 1.54) is 57.8 Å². The Bertz CT molecular complexity index is 322. The fraction of sp³-hybridized carbons (Fsp3) is 0.944. The van der Waals surface area contributed by atoms with E-state index in [0.29, 0.717) is 5.75 Å². The van der Waals surface area contributed by atoms with E-state index in [9.17, 15) is 0 Å². The van der Waals surface area contributed by atoms with Gasteiger partial charge in [0, 0.05) is 5.25 Å². The van der Waals surface area contributed by atoms with Crippen LogP contribution in [0.15, 0.2) is 0 Å². The van der Waals surface area contributed by atoms with Gasteiger partial charge in [-0.05, 0) is 49.4 Å². The van der Waals surface area contributed by atoms with Crippen LogP contribution >= 0.6 is 11.8 Å². The molecule has 0 N–H and O–H groups in total. The predicted octanol–water partition coefficient (Wildman–Crippen LogP) is 5.65. The molecule has 0 bridgehead atoms. The van der Waals surface area contributed by atoms with Gasteiger partial charge in [-0.25, -0.2) is 0 Å². The molecule has 0 spiro atoms. The van der Waals surface area contributed by atoms with E-state index in [1.54, 1.807) is 0 Å². The molecule has 20 heavy (non-hydrogen) atoms. The second kappa shape index (κ2) is 8.32. The molecule has 2 aliphatic carbocycles. The third kappa shape index (κ3) is 4.42. The van der Waals surface area contributed by atoms with Crippen molar-refractivity contribution < 1.29 is 0 Å². The molecule has 0 aromatic heterocycles. The van der Waals surface area contributed by atoms with Gasteiger partial charge in [0.05, 0.1) is 11.8 Å². The van der Waals surface area contributed by atoms with E-state index in [1.807, 2.05) is 11.8 Å². The zero-order valence-corrected chi connectivity index (χ0v) is 14.1. The van der Waals surface area contributed by atoms with Gasteiger partial charge in [-0.2, -0.15) is 5.26 Å². The van der Waals surface area contributed by atoms with Crippen LogP contribution in [0.4, 0.5) is 0 Å². The Hall–Kier alpha value is -0.160. The molecule has 0 aromatic carbocycles. The lowest BCUT2D eigenvalue weighted by atomic mass is 9.71. The molecule has 2 rings (SSSR count). The Labute approximate surface area is 129 Å². The van der Waals surface area contributed by atoms with Crippen molar-refractivity contribution in [3.8, 4) is 6.07 Å². The van der Waals surface area contributed by atoms with Gasteiger partial charge in [-0.1, -0.05) is 46.0 Å². The zero-order valence-electron chi connectivity index (χ0n) is 13.3.